The maximum Gasteiger partial charge on any atom is 0.458 e. The molecule has 0 nitrogen and oxygen atoms in total. The minimum Gasteiger partial charge on any atom is -0.159 e. The minimum absolute atomic E-state index is 0.349. The molecule has 0 aliphatic rings. The van der Waals surface area contributed by atoms with E-state index >= 15 is 0 Å². The molecule has 0 aliphatic carbocycles. The Kier molecular flexibility index (Phi) is 4.35. The van der Waals surface area contributed by atoms with Crippen molar-refractivity contribution in [2.75, 3.05) is 0 Å². The zero-order chi connectivity index (χ0) is 21.6. The molecule has 0 radical (unpaired) electrons. The maximum absolute atomic E-state index is 12.4. The quantitative estimate of drug-likeness (QED) is 0.183. The van der Waals surface area contributed by atoms with Crippen molar-refractivity contribution in [3.63, 3.8) is 0 Å². The van der Waals surface area contributed by atoms with Crippen LogP contribution in [0.15, 0.2) is 72.8 Å². The molecule has 0 aliphatic heterocycles. The Morgan fingerprint density at radius 1 is 0.516 bits per heavy atom. The third-order valence-electron chi connectivity index (χ3n) is 5.32. The van der Waals surface area contributed by atoms with Gasteiger partial charge in [0.2, 0.25) is 0 Å². The second-order valence-corrected chi connectivity index (χ2v) is 7.50. The summed E-state index contributed by atoms with van der Waals surface area (Å²) in [6.07, 6.45) is -4.50. The molecule has 0 fully saturated rings. The molecule has 5 aromatic carbocycles. The van der Waals surface area contributed by atoms with Crippen LogP contribution in [0.1, 0.15) is 18.1 Å². The predicted octanol–water partition coefficient (Wildman–Crippen LogP) is 7.58. The first kappa shape index (κ1) is 19.0. The molecular formula is C28H15F3. The van der Waals surface area contributed by atoms with Crippen molar-refractivity contribution >= 4 is 43.1 Å². The molecule has 0 N–H and O–H groups in total. The fraction of sp³-hybridized carbons (Fsp3) is 0.0714. The fourth-order valence-electron chi connectivity index (χ4n) is 3.94. The number of hydrogen-bond acceptors (Lipinski definition) is 0. The van der Waals surface area contributed by atoms with Gasteiger partial charge in [0.25, 0.3) is 0 Å². The highest BCUT2D eigenvalue weighted by atomic mass is 19.4. The first-order chi connectivity index (χ1) is 14.9. The molecule has 148 valence electrons. The first-order valence-corrected chi connectivity index (χ1v) is 9.76. The van der Waals surface area contributed by atoms with Gasteiger partial charge in [0.15, 0.2) is 0 Å². The van der Waals surface area contributed by atoms with Crippen LogP contribution in [0.25, 0.3) is 43.1 Å². The normalized spacial score (nSPS) is 11.4. The molecule has 0 bridgehead atoms. The minimum atomic E-state index is -4.50. The highest BCUT2D eigenvalue weighted by Gasteiger charge is 2.22. The summed E-state index contributed by atoms with van der Waals surface area (Å²) < 4.78 is 37.2. The fourth-order valence-corrected chi connectivity index (χ4v) is 3.94. The van der Waals surface area contributed by atoms with Gasteiger partial charge in [-0.05, 0) is 111 Å². The third kappa shape index (κ3) is 3.79. The summed E-state index contributed by atoms with van der Waals surface area (Å²) in [7, 11) is 0. The number of fused-ring (bicyclic) bond motifs is 4. The van der Waals surface area contributed by atoms with Crippen molar-refractivity contribution in [3.8, 4) is 23.7 Å². The Labute approximate surface area is 177 Å². The van der Waals surface area contributed by atoms with Crippen LogP contribution >= 0.6 is 0 Å². The smallest absolute Gasteiger partial charge is 0.159 e. The predicted molar refractivity (Wildman–Crippen MR) is 122 cm³/mol. The van der Waals surface area contributed by atoms with Gasteiger partial charge in [0, 0.05) is 17.0 Å². The summed E-state index contributed by atoms with van der Waals surface area (Å²) in [6.45, 7) is 1.83. The monoisotopic (exact) mass is 408 g/mol. The Bertz CT molecular complexity index is 1630. The molecule has 0 spiro atoms. The van der Waals surface area contributed by atoms with Crippen molar-refractivity contribution in [2.24, 2.45) is 0 Å². The second-order valence-electron chi connectivity index (χ2n) is 7.50. The molecule has 5 rings (SSSR count). The number of alkyl halides is 3. The Morgan fingerprint density at radius 3 is 1.32 bits per heavy atom. The van der Waals surface area contributed by atoms with Gasteiger partial charge in [0.1, 0.15) is 0 Å². The standard InChI is InChI=1S/C28H15F3/c1-2-3-18-4-6-20-12-24-17-27-15-23-11-19(8-9-28(29,30)31)5-7-21(23)13-25(27)16-26(24)14-22(20)10-18/h4-7,10-17H,1H3. The summed E-state index contributed by atoms with van der Waals surface area (Å²) in [4.78, 5) is 0. The zero-order valence-corrected chi connectivity index (χ0v) is 16.6. The summed E-state index contributed by atoms with van der Waals surface area (Å²) in [6, 6.07) is 24.0. The van der Waals surface area contributed by atoms with Gasteiger partial charge in [-0.1, -0.05) is 24.0 Å². The van der Waals surface area contributed by atoms with E-state index in [9.17, 15) is 13.2 Å². The van der Waals surface area contributed by atoms with E-state index in [1.165, 1.54) is 5.92 Å². The molecule has 0 unspecified atom stereocenters. The van der Waals surface area contributed by atoms with E-state index in [0.29, 0.717) is 5.56 Å². The van der Waals surface area contributed by atoms with Gasteiger partial charge >= 0.3 is 6.18 Å². The van der Waals surface area contributed by atoms with Gasteiger partial charge in [-0.3, -0.25) is 0 Å². The van der Waals surface area contributed by atoms with Gasteiger partial charge in [-0.15, -0.1) is 5.92 Å². The molecule has 0 saturated heterocycles. The first-order valence-electron chi connectivity index (χ1n) is 9.76. The molecule has 0 atom stereocenters. The van der Waals surface area contributed by atoms with Crippen LogP contribution in [0.2, 0.25) is 0 Å². The highest BCUT2D eigenvalue weighted by Crippen LogP contribution is 2.31. The summed E-state index contributed by atoms with van der Waals surface area (Å²) in [5.41, 5.74) is 1.34. The van der Waals surface area contributed by atoms with Crippen LogP contribution in [0.4, 0.5) is 13.2 Å². The molecule has 31 heavy (non-hydrogen) atoms. The van der Waals surface area contributed by atoms with E-state index < -0.39 is 6.18 Å². The number of hydrogen-bond donors (Lipinski definition) is 0. The number of benzene rings is 5. The average molecular weight is 408 g/mol. The Balaban J connectivity index is 1.68. The number of rotatable bonds is 0. The Hall–Kier alpha value is -3.95. The van der Waals surface area contributed by atoms with Crippen LogP contribution in [-0.2, 0) is 0 Å². The lowest BCUT2D eigenvalue weighted by atomic mass is 9.96. The van der Waals surface area contributed by atoms with Crippen LogP contribution in [0.5, 0.6) is 0 Å². The zero-order valence-electron chi connectivity index (χ0n) is 16.6. The molecule has 0 heterocycles. The van der Waals surface area contributed by atoms with Crippen molar-refractivity contribution < 1.29 is 13.2 Å². The van der Waals surface area contributed by atoms with E-state index in [0.717, 1.165) is 48.7 Å². The summed E-state index contributed by atoms with van der Waals surface area (Å²) in [5, 5.41) is 8.47. The second kappa shape index (κ2) is 7.08. The Morgan fingerprint density at radius 2 is 0.903 bits per heavy atom. The van der Waals surface area contributed by atoms with Gasteiger partial charge < -0.3 is 0 Å². The van der Waals surface area contributed by atoms with E-state index in [1.807, 2.05) is 25.1 Å². The van der Waals surface area contributed by atoms with Gasteiger partial charge in [-0.2, -0.15) is 13.2 Å². The van der Waals surface area contributed by atoms with Crippen molar-refractivity contribution in [1.82, 2.24) is 0 Å². The van der Waals surface area contributed by atoms with Crippen LogP contribution in [-0.4, -0.2) is 6.18 Å². The van der Waals surface area contributed by atoms with Crippen molar-refractivity contribution in [3.05, 3.63) is 83.9 Å². The lowest BCUT2D eigenvalue weighted by molar-refractivity contribution is -0.0696. The lowest BCUT2D eigenvalue weighted by Gasteiger charge is -2.08. The number of halogens is 3. The van der Waals surface area contributed by atoms with E-state index in [-0.39, 0.29) is 0 Å². The van der Waals surface area contributed by atoms with E-state index in [2.05, 4.69) is 60.2 Å². The third-order valence-corrected chi connectivity index (χ3v) is 5.32. The highest BCUT2D eigenvalue weighted by molar-refractivity contribution is 6.08. The molecule has 5 aromatic rings. The average Bonchev–Trinajstić information content (AvgIpc) is 2.73. The molecule has 0 aromatic heterocycles. The topological polar surface area (TPSA) is 0 Å². The van der Waals surface area contributed by atoms with Crippen LogP contribution < -0.4 is 0 Å². The largest absolute Gasteiger partial charge is 0.458 e. The van der Waals surface area contributed by atoms with E-state index in [1.54, 1.807) is 12.1 Å². The molecule has 0 saturated carbocycles. The van der Waals surface area contributed by atoms with Crippen molar-refractivity contribution in [2.45, 2.75) is 13.1 Å². The van der Waals surface area contributed by atoms with Crippen LogP contribution in [0.3, 0.4) is 0 Å². The van der Waals surface area contributed by atoms with Crippen LogP contribution in [0, 0.1) is 23.7 Å². The van der Waals surface area contributed by atoms with Gasteiger partial charge in [0.05, 0.1) is 0 Å². The lowest BCUT2D eigenvalue weighted by Crippen LogP contribution is -2.01. The SMILES string of the molecule is CC#Cc1ccc2cc3cc4cc5cc(C#CC(F)(F)F)ccc5cc4cc3cc2c1. The molecule has 3 heteroatoms. The summed E-state index contributed by atoms with van der Waals surface area (Å²) in [5.74, 6) is 9.57. The van der Waals surface area contributed by atoms with E-state index in [4.69, 9.17) is 0 Å². The molecule has 0 amide bonds. The van der Waals surface area contributed by atoms with Crippen molar-refractivity contribution in [1.29, 1.82) is 0 Å². The summed E-state index contributed by atoms with van der Waals surface area (Å²) >= 11 is 0. The van der Waals surface area contributed by atoms with Gasteiger partial charge in [-0.25, -0.2) is 0 Å². The maximum atomic E-state index is 12.4. The molecular weight excluding hydrogens is 393 g/mol.